The lowest BCUT2D eigenvalue weighted by molar-refractivity contribution is 0.254. The van der Waals surface area contributed by atoms with Gasteiger partial charge in [-0.25, -0.2) is 13.2 Å². The molecule has 0 spiro atoms. The lowest BCUT2D eigenvalue weighted by Crippen LogP contribution is -2.15. The molecule has 2 aromatic carbocycles. The van der Waals surface area contributed by atoms with Gasteiger partial charge >= 0.3 is 0 Å². The Morgan fingerprint density at radius 1 is 0.844 bits per heavy atom. The second kappa shape index (κ2) is 11.9. The van der Waals surface area contributed by atoms with Gasteiger partial charge in [-0.2, -0.15) is 5.26 Å². The Labute approximate surface area is 190 Å². The van der Waals surface area contributed by atoms with Gasteiger partial charge in [0.15, 0.2) is 0 Å². The molecule has 1 aliphatic carbocycles. The standard InChI is InChI=1S/C28H32F3N/c1-2-3-4-5-20-6-8-21(9-7-20)10-11-22-12-14-24(26(29)16-22)15-13-23-17-27(30)25(19-32)28(31)18-23/h2-3,12,14,16-18,20-21H,4-11,13,15H2,1H3/b3-2+. The number of nitrogens with zero attached hydrogens (tertiary/aromatic N) is 1. The molecule has 0 unspecified atom stereocenters. The zero-order chi connectivity index (χ0) is 22.9. The van der Waals surface area contributed by atoms with Crippen LogP contribution in [0.5, 0.6) is 0 Å². The Balaban J connectivity index is 1.47. The van der Waals surface area contributed by atoms with Crippen LogP contribution in [0.15, 0.2) is 42.5 Å². The Morgan fingerprint density at radius 2 is 1.47 bits per heavy atom. The van der Waals surface area contributed by atoms with Crippen LogP contribution in [0.4, 0.5) is 13.2 Å². The molecule has 0 bridgehead atoms. The minimum absolute atomic E-state index is 0.259. The van der Waals surface area contributed by atoms with Gasteiger partial charge < -0.3 is 0 Å². The van der Waals surface area contributed by atoms with Gasteiger partial charge in [0, 0.05) is 0 Å². The zero-order valence-electron chi connectivity index (χ0n) is 18.8. The van der Waals surface area contributed by atoms with E-state index in [4.69, 9.17) is 5.26 Å². The van der Waals surface area contributed by atoms with Crippen LogP contribution in [0.3, 0.4) is 0 Å². The summed E-state index contributed by atoms with van der Waals surface area (Å²) in [4.78, 5) is 0. The smallest absolute Gasteiger partial charge is 0.144 e. The molecule has 0 aromatic heterocycles. The number of rotatable bonds is 9. The van der Waals surface area contributed by atoms with E-state index in [1.54, 1.807) is 12.1 Å². The quantitative estimate of drug-likeness (QED) is 0.365. The van der Waals surface area contributed by atoms with Crippen LogP contribution in [0, 0.1) is 40.6 Å². The fourth-order valence-electron chi connectivity index (χ4n) is 4.78. The molecule has 3 rings (SSSR count). The lowest BCUT2D eigenvalue weighted by atomic mass is 9.78. The molecule has 1 aliphatic rings. The first kappa shape index (κ1) is 24.1. The van der Waals surface area contributed by atoms with E-state index in [1.165, 1.54) is 44.6 Å². The first-order valence-electron chi connectivity index (χ1n) is 11.8. The van der Waals surface area contributed by atoms with Crippen LogP contribution in [-0.4, -0.2) is 0 Å². The van der Waals surface area contributed by atoms with Gasteiger partial charge in [0.2, 0.25) is 0 Å². The summed E-state index contributed by atoms with van der Waals surface area (Å²) in [6.07, 6.45) is 14.7. The Hall–Kier alpha value is -2.54. The first-order chi connectivity index (χ1) is 15.5. The number of hydrogen-bond donors (Lipinski definition) is 0. The molecular formula is C28H32F3N. The van der Waals surface area contributed by atoms with Gasteiger partial charge in [-0.05, 0) is 92.2 Å². The maximum atomic E-state index is 14.6. The third-order valence-electron chi connectivity index (χ3n) is 6.80. The van der Waals surface area contributed by atoms with Crippen molar-refractivity contribution >= 4 is 0 Å². The van der Waals surface area contributed by atoms with E-state index < -0.39 is 17.2 Å². The fourth-order valence-corrected chi connectivity index (χ4v) is 4.78. The average molecular weight is 440 g/mol. The van der Waals surface area contributed by atoms with Crippen molar-refractivity contribution in [3.63, 3.8) is 0 Å². The van der Waals surface area contributed by atoms with E-state index in [0.29, 0.717) is 24.0 Å². The van der Waals surface area contributed by atoms with Crippen LogP contribution < -0.4 is 0 Å². The molecule has 0 amide bonds. The summed E-state index contributed by atoms with van der Waals surface area (Å²) < 4.78 is 42.1. The lowest BCUT2D eigenvalue weighted by Gasteiger charge is -2.28. The summed E-state index contributed by atoms with van der Waals surface area (Å²) in [7, 11) is 0. The van der Waals surface area contributed by atoms with Crippen molar-refractivity contribution in [3.8, 4) is 6.07 Å². The predicted molar refractivity (Wildman–Crippen MR) is 123 cm³/mol. The highest BCUT2D eigenvalue weighted by molar-refractivity contribution is 5.35. The second-order valence-electron chi connectivity index (χ2n) is 9.04. The van der Waals surface area contributed by atoms with Gasteiger partial charge in [-0.1, -0.05) is 50.0 Å². The molecular weight excluding hydrogens is 407 g/mol. The van der Waals surface area contributed by atoms with E-state index in [1.807, 2.05) is 6.07 Å². The Morgan fingerprint density at radius 3 is 2.06 bits per heavy atom. The van der Waals surface area contributed by atoms with E-state index in [2.05, 4.69) is 19.1 Å². The first-order valence-corrected chi connectivity index (χ1v) is 11.8. The topological polar surface area (TPSA) is 23.8 Å². The van der Waals surface area contributed by atoms with Crippen molar-refractivity contribution in [1.29, 1.82) is 5.26 Å². The summed E-state index contributed by atoms with van der Waals surface area (Å²) >= 11 is 0. The van der Waals surface area contributed by atoms with Gasteiger partial charge in [-0.3, -0.25) is 0 Å². The largest absolute Gasteiger partial charge is 0.207 e. The summed E-state index contributed by atoms with van der Waals surface area (Å²) in [5.74, 6) is -0.408. The zero-order valence-corrected chi connectivity index (χ0v) is 18.8. The number of benzene rings is 2. The van der Waals surface area contributed by atoms with E-state index >= 15 is 0 Å². The number of allylic oxidation sites excluding steroid dienone is 2. The minimum Gasteiger partial charge on any atom is -0.207 e. The highest BCUT2D eigenvalue weighted by atomic mass is 19.1. The van der Waals surface area contributed by atoms with E-state index in [0.717, 1.165) is 42.4 Å². The summed E-state index contributed by atoms with van der Waals surface area (Å²) in [6.45, 7) is 2.07. The van der Waals surface area contributed by atoms with Crippen molar-refractivity contribution in [2.24, 2.45) is 11.8 Å². The number of hydrogen-bond acceptors (Lipinski definition) is 1. The van der Waals surface area contributed by atoms with Crippen LogP contribution in [0.2, 0.25) is 0 Å². The molecule has 2 aromatic rings. The van der Waals surface area contributed by atoms with Gasteiger partial charge in [0.1, 0.15) is 29.1 Å². The minimum atomic E-state index is -0.870. The molecule has 0 N–H and O–H groups in total. The third-order valence-corrected chi connectivity index (χ3v) is 6.80. The number of aryl methyl sites for hydroxylation is 3. The second-order valence-corrected chi connectivity index (χ2v) is 9.04. The van der Waals surface area contributed by atoms with Crippen LogP contribution in [-0.2, 0) is 19.3 Å². The molecule has 0 aliphatic heterocycles. The monoisotopic (exact) mass is 439 g/mol. The molecule has 4 heteroatoms. The van der Waals surface area contributed by atoms with Crippen molar-refractivity contribution in [1.82, 2.24) is 0 Å². The number of halogens is 3. The normalized spacial score (nSPS) is 18.7. The van der Waals surface area contributed by atoms with Crippen molar-refractivity contribution in [3.05, 3.63) is 82.2 Å². The van der Waals surface area contributed by atoms with Crippen molar-refractivity contribution in [2.45, 2.75) is 71.1 Å². The van der Waals surface area contributed by atoms with Gasteiger partial charge in [0.05, 0.1) is 0 Å². The Bertz CT molecular complexity index is 942. The van der Waals surface area contributed by atoms with Crippen LogP contribution >= 0.6 is 0 Å². The fraction of sp³-hybridized carbons (Fsp3) is 0.464. The third kappa shape index (κ3) is 6.73. The van der Waals surface area contributed by atoms with E-state index in [9.17, 15) is 13.2 Å². The highest BCUT2D eigenvalue weighted by Gasteiger charge is 2.20. The van der Waals surface area contributed by atoms with E-state index in [-0.39, 0.29) is 5.82 Å². The average Bonchev–Trinajstić information content (AvgIpc) is 2.78. The summed E-state index contributed by atoms with van der Waals surface area (Å²) in [6, 6.07) is 9.20. The molecule has 1 fully saturated rings. The van der Waals surface area contributed by atoms with Crippen LogP contribution in [0.25, 0.3) is 0 Å². The molecule has 170 valence electrons. The van der Waals surface area contributed by atoms with Crippen molar-refractivity contribution < 1.29 is 13.2 Å². The highest BCUT2D eigenvalue weighted by Crippen LogP contribution is 2.34. The maximum absolute atomic E-state index is 14.6. The molecule has 1 saturated carbocycles. The molecule has 32 heavy (non-hydrogen) atoms. The molecule has 0 saturated heterocycles. The maximum Gasteiger partial charge on any atom is 0.144 e. The van der Waals surface area contributed by atoms with Crippen LogP contribution in [0.1, 0.15) is 74.1 Å². The van der Waals surface area contributed by atoms with Crippen molar-refractivity contribution in [2.75, 3.05) is 0 Å². The molecule has 0 atom stereocenters. The molecule has 0 radical (unpaired) electrons. The molecule has 1 nitrogen and oxygen atoms in total. The SMILES string of the molecule is C/C=C/CCC1CCC(CCc2ccc(CCc3cc(F)c(C#N)c(F)c3)c(F)c2)CC1. The van der Waals surface area contributed by atoms with Gasteiger partial charge in [-0.15, -0.1) is 0 Å². The Kier molecular flexibility index (Phi) is 8.97. The summed E-state index contributed by atoms with van der Waals surface area (Å²) in [5, 5.41) is 8.76. The molecule has 0 heterocycles. The van der Waals surface area contributed by atoms with Gasteiger partial charge in [0.25, 0.3) is 0 Å². The number of nitriles is 1. The predicted octanol–water partition coefficient (Wildman–Crippen LogP) is 7.86. The summed E-state index contributed by atoms with van der Waals surface area (Å²) in [5.41, 5.74) is 1.40.